The number of aliphatic carboxylic acids is 1. The van der Waals surface area contributed by atoms with Crippen LogP contribution in [0.4, 0.5) is 5.13 Å². The van der Waals surface area contributed by atoms with Gasteiger partial charge in [0.15, 0.2) is 10.8 Å². The molecule has 0 aromatic carbocycles. The van der Waals surface area contributed by atoms with Crippen molar-refractivity contribution >= 4 is 69.7 Å². The number of anilines is 1. The van der Waals surface area contributed by atoms with Crippen LogP contribution in [0.15, 0.2) is 21.3 Å². The van der Waals surface area contributed by atoms with Crippen LogP contribution in [0.1, 0.15) is 19.0 Å². The molecule has 2 aliphatic heterocycles. The van der Waals surface area contributed by atoms with E-state index in [4.69, 9.17) is 16.4 Å². The fraction of sp³-hybridized carbons (Fsp3) is 0.375. The van der Waals surface area contributed by atoms with Crippen LogP contribution < -0.4 is 10.6 Å². The van der Waals surface area contributed by atoms with E-state index >= 15 is 0 Å². The SMILES string of the molecule is CCCON=C(C(=O)NC1C(=O)N2C(C(=O)O)=C(Cl)CS[C@H]12)c1csc(NC=O)n1. The third kappa shape index (κ3) is 4.27. The molecule has 0 saturated carbocycles. The molecule has 1 saturated heterocycles. The van der Waals surface area contributed by atoms with Crippen LogP contribution in [0.2, 0.25) is 0 Å². The Balaban J connectivity index is 1.78. The maximum Gasteiger partial charge on any atom is 0.353 e. The summed E-state index contributed by atoms with van der Waals surface area (Å²) in [5.41, 5.74) is -0.287. The van der Waals surface area contributed by atoms with Gasteiger partial charge in [-0.25, -0.2) is 9.78 Å². The van der Waals surface area contributed by atoms with Gasteiger partial charge in [0.05, 0.1) is 5.03 Å². The number of carboxylic acids is 1. The Morgan fingerprint density at radius 2 is 2.30 bits per heavy atom. The van der Waals surface area contributed by atoms with Crippen molar-refractivity contribution in [2.24, 2.45) is 5.16 Å². The fourth-order valence-electron chi connectivity index (χ4n) is 2.70. The van der Waals surface area contributed by atoms with Crippen molar-refractivity contribution < 1.29 is 29.1 Å². The van der Waals surface area contributed by atoms with Crippen LogP contribution >= 0.6 is 34.7 Å². The lowest BCUT2D eigenvalue weighted by atomic mass is 10.0. The highest BCUT2D eigenvalue weighted by atomic mass is 35.5. The summed E-state index contributed by atoms with van der Waals surface area (Å²) in [6.07, 6.45) is 1.11. The largest absolute Gasteiger partial charge is 0.477 e. The molecule has 1 fully saturated rings. The van der Waals surface area contributed by atoms with Gasteiger partial charge in [-0.15, -0.1) is 23.1 Å². The summed E-state index contributed by atoms with van der Waals surface area (Å²) in [5.74, 6) is -2.41. The van der Waals surface area contributed by atoms with Crippen LogP contribution in [0.5, 0.6) is 0 Å². The number of hydrogen-bond acceptors (Lipinski definition) is 9. The first-order chi connectivity index (χ1) is 14.4. The van der Waals surface area contributed by atoms with Crippen molar-refractivity contribution in [2.45, 2.75) is 24.8 Å². The molecule has 0 spiro atoms. The van der Waals surface area contributed by atoms with E-state index in [0.29, 0.717) is 12.8 Å². The molecule has 2 aliphatic rings. The number of hydrogen-bond donors (Lipinski definition) is 3. The van der Waals surface area contributed by atoms with Gasteiger partial charge in [-0.05, 0) is 6.42 Å². The Morgan fingerprint density at radius 1 is 1.53 bits per heavy atom. The summed E-state index contributed by atoms with van der Waals surface area (Å²) < 4.78 is 0. The van der Waals surface area contributed by atoms with Gasteiger partial charge in [-0.2, -0.15) is 0 Å². The molecule has 3 rings (SSSR count). The molecule has 1 unspecified atom stereocenters. The predicted molar refractivity (Wildman–Crippen MR) is 110 cm³/mol. The molecule has 0 radical (unpaired) electrons. The quantitative estimate of drug-likeness (QED) is 0.156. The van der Waals surface area contributed by atoms with Crippen molar-refractivity contribution in [1.82, 2.24) is 15.2 Å². The summed E-state index contributed by atoms with van der Waals surface area (Å²) in [5, 5.41) is 19.3. The summed E-state index contributed by atoms with van der Waals surface area (Å²) >= 11 is 8.27. The van der Waals surface area contributed by atoms with Gasteiger partial charge < -0.3 is 20.6 Å². The Hall–Kier alpha value is -2.64. The van der Waals surface area contributed by atoms with Crippen LogP contribution in [0.25, 0.3) is 0 Å². The minimum Gasteiger partial charge on any atom is -0.477 e. The molecule has 2 atom stereocenters. The maximum absolute atomic E-state index is 12.8. The smallest absolute Gasteiger partial charge is 0.353 e. The highest BCUT2D eigenvalue weighted by Crippen LogP contribution is 2.41. The molecule has 11 nitrogen and oxygen atoms in total. The number of carbonyl (C=O) groups is 4. The normalized spacial score (nSPS) is 20.9. The summed E-state index contributed by atoms with van der Waals surface area (Å²) in [6.45, 7) is 2.13. The third-order valence-corrected chi connectivity index (χ3v) is 6.53. The summed E-state index contributed by atoms with van der Waals surface area (Å²) in [6, 6.07) is -0.954. The van der Waals surface area contributed by atoms with Crippen molar-refractivity contribution in [3.63, 3.8) is 0 Å². The lowest BCUT2D eigenvalue weighted by Crippen LogP contribution is -2.71. The number of nitrogens with zero attached hydrogens (tertiary/aromatic N) is 3. The van der Waals surface area contributed by atoms with Gasteiger partial charge in [0, 0.05) is 11.1 Å². The fourth-order valence-corrected chi connectivity index (χ4v) is 4.90. The van der Waals surface area contributed by atoms with Crippen molar-refractivity contribution in [3.05, 3.63) is 21.8 Å². The first-order valence-electron chi connectivity index (χ1n) is 8.62. The zero-order chi connectivity index (χ0) is 21.8. The highest BCUT2D eigenvalue weighted by molar-refractivity contribution is 8.00. The number of rotatable bonds is 9. The molecule has 160 valence electrons. The first kappa shape index (κ1) is 22.1. The average Bonchev–Trinajstić information content (AvgIpc) is 3.17. The molecule has 1 aromatic rings. The zero-order valence-corrected chi connectivity index (χ0v) is 17.8. The zero-order valence-electron chi connectivity index (χ0n) is 15.5. The third-order valence-electron chi connectivity index (χ3n) is 4.01. The van der Waals surface area contributed by atoms with Gasteiger partial charge in [0.25, 0.3) is 11.8 Å². The molecular weight excluding hydrogens is 458 g/mol. The Morgan fingerprint density at radius 3 is 2.97 bits per heavy atom. The van der Waals surface area contributed by atoms with Gasteiger partial charge >= 0.3 is 5.97 Å². The van der Waals surface area contributed by atoms with Gasteiger partial charge in [-0.3, -0.25) is 19.3 Å². The van der Waals surface area contributed by atoms with E-state index in [1.807, 2.05) is 6.92 Å². The topological polar surface area (TPSA) is 150 Å². The number of aromatic nitrogens is 1. The van der Waals surface area contributed by atoms with Crippen molar-refractivity contribution in [1.29, 1.82) is 0 Å². The van der Waals surface area contributed by atoms with Gasteiger partial charge in [-0.1, -0.05) is 23.7 Å². The molecular formula is C16H16ClN5O6S2. The number of fused-ring (bicyclic) bond motifs is 1. The second-order valence-corrected chi connectivity index (χ2v) is 8.41. The maximum atomic E-state index is 12.8. The molecule has 3 heterocycles. The lowest BCUT2D eigenvalue weighted by molar-refractivity contribution is -0.150. The van der Waals surface area contributed by atoms with E-state index in [0.717, 1.165) is 16.2 Å². The monoisotopic (exact) mass is 473 g/mol. The van der Waals surface area contributed by atoms with Crippen molar-refractivity contribution in [2.75, 3.05) is 17.7 Å². The summed E-state index contributed by atoms with van der Waals surface area (Å²) in [4.78, 5) is 57.6. The Kier molecular flexibility index (Phi) is 6.95. The second-order valence-electron chi connectivity index (χ2n) is 5.99. The van der Waals surface area contributed by atoms with Crippen LogP contribution in [-0.2, 0) is 24.0 Å². The molecule has 3 N–H and O–H groups in total. The minimum absolute atomic E-state index is 0.0646. The molecule has 14 heteroatoms. The standard InChI is InChI=1S/C16H16ClN5O6S2/c1-2-3-28-21-9(8-5-30-16(19-8)18-6-23)12(24)20-10-13(25)22-11(15(26)27)7(17)4-29-14(10)22/h5-6,10,14H,2-4H2,1H3,(H,20,24)(H,26,27)(H,18,19,23)/t10?,14-/m1/s1. The number of amides is 3. The van der Waals surface area contributed by atoms with E-state index in [1.54, 1.807) is 0 Å². The Bertz CT molecular complexity index is 948. The number of carbonyl (C=O) groups excluding carboxylic acids is 3. The number of thiazole rings is 1. The minimum atomic E-state index is -1.31. The lowest BCUT2D eigenvalue weighted by Gasteiger charge is -2.48. The molecule has 3 amide bonds. The van der Waals surface area contributed by atoms with E-state index in [1.165, 1.54) is 17.1 Å². The van der Waals surface area contributed by atoms with Crippen LogP contribution in [-0.4, -0.2) is 68.7 Å². The number of halogens is 1. The molecule has 30 heavy (non-hydrogen) atoms. The van der Waals surface area contributed by atoms with Crippen molar-refractivity contribution in [3.8, 4) is 0 Å². The molecule has 0 bridgehead atoms. The first-order valence-corrected chi connectivity index (χ1v) is 10.9. The summed E-state index contributed by atoms with van der Waals surface area (Å²) in [7, 11) is 0. The van der Waals surface area contributed by atoms with E-state index in [-0.39, 0.29) is 39.6 Å². The number of β-lactam (4-membered cyclic amide) rings is 1. The Labute approximate surface area is 183 Å². The average molecular weight is 474 g/mol. The number of thioether (sulfide) groups is 1. The number of oxime groups is 1. The van der Waals surface area contributed by atoms with E-state index in [2.05, 4.69) is 20.8 Å². The highest BCUT2D eigenvalue weighted by Gasteiger charge is 2.54. The second kappa shape index (κ2) is 9.45. The number of carboxylic acid groups (broad SMARTS) is 1. The molecule has 1 aromatic heterocycles. The van der Waals surface area contributed by atoms with Gasteiger partial charge in [0.1, 0.15) is 29.4 Å². The van der Waals surface area contributed by atoms with E-state index in [9.17, 15) is 24.3 Å². The van der Waals surface area contributed by atoms with Crippen LogP contribution in [0.3, 0.4) is 0 Å². The molecule has 0 aliphatic carbocycles. The van der Waals surface area contributed by atoms with Crippen LogP contribution in [0, 0.1) is 0 Å². The predicted octanol–water partition coefficient (Wildman–Crippen LogP) is 0.777. The van der Waals surface area contributed by atoms with Gasteiger partial charge in [0.2, 0.25) is 6.41 Å². The van der Waals surface area contributed by atoms with E-state index < -0.39 is 29.2 Å². The number of nitrogens with one attached hydrogen (secondary N) is 2.